The molecule has 7 nitrogen and oxygen atoms in total. The number of nitrogens with one attached hydrogen (secondary N) is 2. The topological polar surface area (TPSA) is 65.6 Å². The monoisotopic (exact) mass is 378 g/mol. The van der Waals surface area contributed by atoms with Crippen molar-refractivity contribution >= 4 is 34.9 Å². The number of aromatic nitrogens is 2. The first kappa shape index (κ1) is 19.1. The first-order valence-electron chi connectivity index (χ1n) is 9.70. The minimum Gasteiger partial charge on any atom is -0.378 e. The number of rotatable bonds is 5. The number of piperidine rings is 1. The van der Waals surface area contributed by atoms with Crippen molar-refractivity contribution in [3.63, 3.8) is 0 Å². The van der Waals surface area contributed by atoms with Crippen molar-refractivity contribution in [3.05, 3.63) is 6.07 Å². The zero-order valence-electron chi connectivity index (χ0n) is 15.8. The fourth-order valence-electron chi connectivity index (χ4n) is 3.40. The molecule has 0 amide bonds. The van der Waals surface area contributed by atoms with Gasteiger partial charge in [0.1, 0.15) is 11.6 Å². The Bertz CT molecular complexity index is 607. The Kier molecular flexibility index (Phi) is 6.85. The molecule has 1 aromatic heterocycles. The molecule has 2 saturated heterocycles. The van der Waals surface area contributed by atoms with E-state index in [4.69, 9.17) is 26.9 Å². The van der Waals surface area contributed by atoms with Gasteiger partial charge in [-0.2, -0.15) is 9.97 Å². The van der Waals surface area contributed by atoms with Crippen molar-refractivity contribution in [1.29, 1.82) is 0 Å². The molecule has 3 heterocycles. The summed E-state index contributed by atoms with van der Waals surface area (Å²) in [5, 5.41) is 6.92. The van der Waals surface area contributed by atoms with Crippen molar-refractivity contribution in [3.8, 4) is 0 Å². The Labute approximate surface area is 161 Å². The van der Waals surface area contributed by atoms with E-state index in [1.165, 1.54) is 19.3 Å². The summed E-state index contributed by atoms with van der Waals surface area (Å²) in [6.07, 6.45) is 4.72. The molecule has 1 aromatic rings. The van der Waals surface area contributed by atoms with E-state index in [0.717, 1.165) is 57.4 Å². The smallest absolute Gasteiger partial charge is 0.232 e. The summed E-state index contributed by atoms with van der Waals surface area (Å²) in [6, 6.07) is 2.61. The Morgan fingerprint density at radius 3 is 2.73 bits per heavy atom. The van der Waals surface area contributed by atoms with Crippen LogP contribution < -0.4 is 20.4 Å². The van der Waals surface area contributed by atoms with Crippen LogP contribution in [0, 0.1) is 0 Å². The van der Waals surface area contributed by atoms with Crippen LogP contribution in [0.5, 0.6) is 0 Å². The van der Waals surface area contributed by atoms with Crippen LogP contribution in [0.1, 0.15) is 39.5 Å². The molecule has 0 radical (unpaired) electrons. The molecule has 2 aliphatic rings. The molecule has 1 unspecified atom stereocenters. The van der Waals surface area contributed by atoms with E-state index in [1.54, 1.807) is 0 Å². The molecule has 0 bridgehead atoms. The predicted molar refractivity (Wildman–Crippen MR) is 110 cm³/mol. The zero-order chi connectivity index (χ0) is 18.4. The number of anilines is 3. The van der Waals surface area contributed by atoms with Gasteiger partial charge in [0.25, 0.3) is 0 Å². The van der Waals surface area contributed by atoms with Gasteiger partial charge < -0.3 is 25.2 Å². The fraction of sp³-hybridized carbons (Fsp3) is 0.722. The second-order valence-corrected chi connectivity index (χ2v) is 7.33. The third-order valence-electron chi connectivity index (χ3n) is 4.89. The van der Waals surface area contributed by atoms with Crippen LogP contribution in [0.15, 0.2) is 6.07 Å². The molecule has 144 valence electrons. The first-order valence-corrected chi connectivity index (χ1v) is 10.1. The van der Waals surface area contributed by atoms with Crippen LogP contribution >= 0.6 is 12.2 Å². The summed E-state index contributed by atoms with van der Waals surface area (Å²) in [7, 11) is 0. The average molecular weight is 379 g/mol. The highest BCUT2D eigenvalue weighted by molar-refractivity contribution is 7.80. The van der Waals surface area contributed by atoms with E-state index in [1.807, 2.05) is 0 Å². The van der Waals surface area contributed by atoms with Crippen LogP contribution in [0.25, 0.3) is 0 Å². The van der Waals surface area contributed by atoms with Gasteiger partial charge in [0, 0.05) is 38.3 Å². The summed E-state index contributed by atoms with van der Waals surface area (Å²) in [6.45, 7) is 9.44. The summed E-state index contributed by atoms with van der Waals surface area (Å²) in [4.78, 5) is 14.1. The molecular formula is C18H30N6OS. The van der Waals surface area contributed by atoms with E-state index in [2.05, 4.69) is 40.3 Å². The standard InChI is InChI=1S/C18H30N6OS/c1-3-7-19-18(26)22-17-20-15(23-9-11-25-12-10-23)13-16(21-17)24-8-5-4-6-14(24)2/h13-14H,3-12H2,1-2H3,(H2,19,20,21,22,26). The van der Waals surface area contributed by atoms with Crippen molar-refractivity contribution in [2.24, 2.45) is 0 Å². The maximum atomic E-state index is 5.48. The second kappa shape index (κ2) is 9.32. The third-order valence-corrected chi connectivity index (χ3v) is 5.14. The minimum absolute atomic E-state index is 0.495. The van der Waals surface area contributed by atoms with E-state index in [0.29, 0.717) is 17.1 Å². The molecule has 2 fully saturated rings. The maximum absolute atomic E-state index is 5.48. The van der Waals surface area contributed by atoms with Crippen LogP contribution in [0.3, 0.4) is 0 Å². The lowest BCUT2D eigenvalue weighted by Gasteiger charge is -2.35. The van der Waals surface area contributed by atoms with Crippen LogP contribution in [-0.4, -0.2) is 60.5 Å². The number of ether oxygens (including phenoxy) is 1. The Morgan fingerprint density at radius 2 is 2.00 bits per heavy atom. The molecule has 2 N–H and O–H groups in total. The maximum Gasteiger partial charge on any atom is 0.232 e. The van der Waals surface area contributed by atoms with Gasteiger partial charge >= 0.3 is 0 Å². The highest BCUT2D eigenvalue weighted by atomic mass is 32.1. The largest absolute Gasteiger partial charge is 0.378 e. The number of thiocarbonyl (C=S) groups is 1. The van der Waals surface area contributed by atoms with Gasteiger partial charge in [0.15, 0.2) is 5.11 Å². The van der Waals surface area contributed by atoms with Crippen molar-refractivity contribution in [1.82, 2.24) is 15.3 Å². The summed E-state index contributed by atoms with van der Waals surface area (Å²) in [5.74, 6) is 2.49. The van der Waals surface area contributed by atoms with Gasteiger partial charge in [-0.3, -0.25) is 0 Å². The van der Waals surface area contributed by atoms with Gasteiger partial charge in [0.05, 0.1) is 13.2 Å². The first-order chi connectivity index (χ1) is 12.7. The minimum atomic E-state index is 0.495. The molecule has 0 aliphatic carbocycles. The third kappa shape index (κ3) is 4.94. The quantitative estimate of drug-likeness (QED) is 0.757. The van der Waals surface area contributed by atoms with E-state index in [-0.39, 0.29) is 0 Å². The van der Waals surface area contributed by atoms with E-state index in [9.17, 15) is 0 Å². The molecule has 3 rings (SSSR count). The van der Waals surface area contributed by atoms with Crippen molar-refractivity contribution < 1.29 is 4.74 Å². The van der Waals surface area contributed by atoms with Crippen LogP contribution in [0.4, 0.5) is 17.6 Å². The lowest BCUT2D eigenvalue weighted by Crippen LogP contribution is -2.40. The Hall–Kier alpha value is -1.67. The molecule has 8 heteroatoms. The summed E-state index contributed by atoms with van der Waals surface area (Å²) < 4.78 is 5.48. The van der Waals surface area contributed by atoms with Gasteiger partial charge in [0.2, 0.25) is 5.95 Å². The predicted octanol–water partition coefficient (Wildman–Crippen LogP) is 2.39. The Balaban J connectivity index is 1.84. The molecular weight excluding hydrogens is 348 g/mol. The number of hydrogen-bond acceptors (Lipinski definition) is 6. The number of morpholine rings is 1. The molecule has 2 aliphatic heterocycles. The van der Waals surface area contributed by atoms with Gasteiger partial charge in [-0.15, -0.1) is 0 Å². The van der Waals surface area contributed by atoms with E-state index < -0.39 is 0 Å². The number of nitrogens with zero attached hydrogens (tertiary/aromatic N) is 4. The summed E-state index contributed by atoms with van der Waals surface area (Å²) in [5.41, 5.74) is 0. The molecule has 0 aromatic carbocycles. The molecule has 0 saturated carbocycles. The highest BCUT2D eigenvalue weighted by Crippen LogP contribution is 2.27. The van der Waals surface area contributed by atoms with E-state index >= 15 is 0 Å². The van der Waals surface area contributed by atoms with Crippen molar-refractivity contribution in [2.75, 3.05) is 54.5 Å². The molecule has 26 heavy (non-hydrogen) atoms. The van der Waals surface area contributed by atoms with Crippen molar-refractivity contribution in [2.45, 2.75) is 45.6 Å². The number of hydrogen-bond donors (Lipinski definition) is 2. The van der Waals surface area contributed by atoms with Crippen LogP contribution in [0.2, 0.25) is 0 Å². The van der Waals surface area contributed by atoms with Gasteiger partial charge in [-0.1, -0.05) is 6.92 Å². The summed E-state index contributed by atoms with van der Waals surface area (Å²) >= 11 is 5.37. The normalized spacial score (nSPS) is 20.8. The molecule has 1 atom stereocenters. The van der Waals surface area contributed by atoms with Gasteiger partial charge in [-0.05, 0) is 44.8 Å². The Morgan fingerprint density at radius 1 is 1.23 bits per heavy atom. The molecule has 0 spiro atoms. The lowest BCUT2D eigenvalue weighted by molar-refractivity contribution is 0.122. The highest BCUT2D eigenvalue weighted by Gasteiger charge is 2.23. The second-order valence-electron chi connectivity index (χ2n) is 6.93. The SMILES string of the molecule is CCCNC(=S)Nc1nc(N2CCOCC2)cc(N2CCCCC2C)n1. The average Bonchev–Trinajstić information content (AvgIpc) is 2.67. The van der Waals surface area contributed by atoms with Crippen LogP contribution in [-0.2, 0) is 4.74 Å². The fourth-order valence-corrected chi connectivity index (χ4v) is 3.60. The lowest BCUT2D eigenvalue weighted by atomic mass is 10.0. The van der Waals surface area contributed by atoms with Gasteiger partial charge in [-0.25, -0.2) is 0 Å². The zero-order valence-corrected chi connectivity index (χ0v) is 16.6.